The lowest BCUT2D eigenvalue weighted by atomic mass is 10.1. The molecule has 0 atom stereocenters. The SMILES string of the molecule is CCOC(=O)CC1=CCCN(CCc2c[nH]c3ccc(OC)cc23)C1. The predicted octanol–water partition coefficient (Wildman–Crippen LogP) is 3.30. The lowest BCUT2D eigenvalue weighted by Crippen LogP contribution is -2.32. The summed E-state index contributed by atoms with van der Waals surface area (Å²) in [5.41, 5.74) is 3.61. The minimum absolute atomic E-state index is 0.126. The van der Waals surface area contributed by atoms with Crippen LogP contribution in [0.1, 0.15) is 25.3 Å². The van der Waals surface area contributed by atoms with Crippen molar-refractivity contribution in [2.75, 3.05) is 33.4 Å². The Morgan fingerprint density at radius 3 is 3.04 bits per heavy atom. The number of methoxy groups -OCH3 is 1. The van der Waals surface area contributed by atoms with Crippen LogP contribution in [0.2, 0.25) is 0 Å². The van der Waals surface area contributed by atoms with Gasteiger partial charge in [0, 0.05) is 36.7 Å². The Kier molecular flexibility index (Phi) is 5.76. The van der Waals surface area contributed by atoms with Gasteiger partial charge in [-0.05, 0) is 49.1 Å². The van der Waals surface area contributed by atoms with Crippen LogP contribution in [-0.4, -0.2) is 49.2 Å². The first-order valence-corrected chi connectivity index (χ1v) is 8.89. The highest BCUT2D eigenvalue weighted by Gasteiger charge is 2.16. The lowest BCUT2D eigenvalue weighted by molar-refractivity contribution is -0.142. The quantitative estimate of drug-likeness (QED) is 0.620. The number of aromatic nitrogens is 1. The highest BCUT2D eigenvalue weighted by atomic mass is 16.5. The van der Waals surface area contributed by atoms with Gasteiger partial charge >= 0.3 is 5.97 Å². The van der Waals surface area contributed by atoms with Gasteiger partial charge in [0.1, 0.15) is 5.75 Å². The van der Waals surface area contributed by atoms with Crippen LogP contribution in [0.25, 0.3) is 10.9 Å². The molecule has 2 aromatic rings. The predicted molar refractivity (Wildman–Crippen MR) is 98.9 cm³/mol. The van der Waals surface area contributed by atoms with Gasteiger partial charge in [0.25, 0.3) is 0 Å². The zero-order valence-corrected chi connectivity index (χ0v) is 15.0. The largest absolute Gasteiger partial charge is 0.497 e. The molecule has 0 radical (unpaired) electrons. The van der Waals surface area contributed by atoms with E-state index in [1.165, 1.54) is 16.5 Å². The van der Waals surface area contributed by atoms with Crippen LogP contribution < -0.4 is 4.74 Å². The summed E-state index contributed by atoms with van der Waals surface area (Å²) in [4.78, 5) is 17.4. The number of esters is 1. The molecule has 0 unspecified atom stereocenters. The van der Waals surface area contributed by atoms with Crippen molar-refractivity contribution in [3.8, 4) is 5.75 Å². The number of hydrogen-bond acceptors (Lipinski definition) is 4. The highest BCUT2D eigenvalue weighted by molar-refractivity contribution is 5.84. The van der Waals surface area contributed by atoms with E-state index in [1.54, 1.807) is 7.11 Å². The second kappa shape index (κ2) is 8.21. The van der Waals surface area contributed by atoms with Crippen molar-refractivity contribution in [1.82, 2.24) is 9.88 Å². The number of nitrogens with one attached hydrogen (secondary N) is 1. The van der Waals surface area contributed by atoms with Gasteiger partial charge in [-0.25, -0.2) is 0 Å². The minimum atomic E-state index is -0.126. The van der Waals surface area contributed by atoms with Gasteiger partial charge in [-0.1, -0.05) is 6.08 Å². The third-order valence-corrected chi connectivity index (χ3v) is 4.65. The average molecular weight is 342 g/mol. The summed E-state index contributed by atoms with van der Waals surface area (Å²) in [6.07, 6.45) is 6.65. The summed E-state index contributed by atoms with van der Waals surface area (Å²) in [6.45, 7) is 5.16. The number of nitrogens with zero attached hydrogens (tertiary/aromatic N) is 1. The van der Waals surface area contributed by atoms with Crippen LogP contribution >= 0.6 is 0 Å². The van der Waals surface area contributed by atoms with Crippen molar-refractivity contribution in [2.45, 2.75) is 26.2 Å². The fourth-order valence-electron chi connectivity index (χ4n) is 3.37. The van der Waals surface area contributed by atoms with E-state index in [-0.39, 0.29) is 5.97 Å². The Hall–Kier alpha value is -2.27. The third kappa shape index (κ3) is 4.42. The standard InChI is InChI=1S/C20H26N2O3/c1-3-25-20(23)11-15-5-4-9-22(14-15)10-8-16-13-21-19-7-6-17(24-2)12-18(16)19/h5-7,12-13,21H,3-4,8-11,14H2,1-2H3. The maximum Gasteiger partial charge on any atom is 0.309 e. The lowest BCUT2D eigenvalue weighted by Gasteiger charge is -2.27. The molecule has 0 fully saturated rings. The van der Waals surface area contributed by atoms with E-state index in [1.807, 2.05) is 13.0 Å². The molecule has 0 bridgehead atoms. The molecule has 25 heavy (non-hydrogen) atoms. The van der Waals surface area contributed by atoms with E-state index in [9.17, 15) is 4.79 Å². The molecule has 1 aromatic carbocycles. The van der Waals surface area contributed by atoms with Gasteiger partial charge < -0.3 is 14.5 Å². The number of H-pyrrole nitrogens is 1. The van der Waals surface area contributed by atoms with Gasteiger partial charge in [-0.3, -0.25) is 9.69 Å². The average Bonchev–Trinajstić information content (AvgIpc) is 3.02. The molecule has 1 N–H and O–H groups in total. The minimum Gasteiger partial charge on any atom is -0.497 e. The molecule has 134 valence electrons. The Morgan fingerprint density at radius 1 is 1.36 bits per heavy atom. The van der Waals surface area contributed by atoms with Crippen LogP contribution in [0.4, 0.5) is 0 Å². The van der Waals surface area contributed by atoms with Crippen LogP contribution in [0, 0.1) is 0 Å². The second-order valence-electron chi connectivity index (χ2n) is 6.38. The summed E-state index contributed by atoms with van der Waals surface area (Å²) in [6, 6.07) is 6.11. The fourth-order valence-corrected chi connectivity index (χ4v) is 3.37. The summed E-state index contributed by atoms with van der Waals surface area (Å²) in [5, 5.41) is 1.22. The van der Waals surface area contributed by atoms with E-state index in [0.29, 0.717) is 13.0 Å². The molecule has 0 saturated heterocycles. The number of fused-ring (bicyclic) bond motifs is 1. The van der Waals surface area contributed by atoms with Crippen molar-refractivity contribution in [3.63, 3.8) is 0 Å². The first-order valence-electron chi connectivity index (χ1n) is 8.89. The number of hydrogen-bond donors (Lipinski definition) is 1. The van der Waals surface area contributed by atoms with Crippen molar-refractivity contribution in [3.05, 3.63) is 41.6 Å². The topological polar surface area (TPSA) is 54.6 Å². The van der Waals surface area contributed by atoms with Crippen molar-refractivity contribution < 1.29 is 14.3 Å². The van der Waals surface area contributed by atoms with E-state index >= 15 is 0 Å². The number of benzene rings is 1. The smallest absolute Gasteiger partial charge is 0.309 e. The molecule has 2 heterocycles. The van der Waals surface area contributed by atoms with Gasteiger partial charge in [0.15, 0.2) is 0 Å². The molecule has 1 aliphatic heterocycles. The van der Waals surface area contributed by atoms with Gasteiger partial charge in [0.2, 0.25) is 0 Å². The van der Waals surface area contributed by atoms with E-state index in [4.69, 9.17) is 9.47 Å². The molecule has 1 aliphatic rings. The Balaban J connectivity index is 1.59. The molecule has 0 aliphatic carbocycles. The van der Waals surface area contributed by atoms with Crippen LogP contribution in [-0.2, 0) is 16.0 Å². The summed E-state index contributed by atoms with van der Waals surface area (Å²) in [7, 11) is 1.69. The van der Waals surface area contributed by atoms with Crippen LogP contribution in [0.3, 0.4) is 0 Å². The molecular weight excluding hydrogens is 316 g/mol. The van der Waals surface area contributed by atoms with Crippen molar-refractivity contribution in [2.24, 2.45) is 0 Å². The molecular formula is C20H26N2O3. The number of aromatic amines is 1. The van der Waals surface area contributed by atoms with Crippen LogP contribution in [0.15, 0.2) is 36.0 Å². The number of rotatable bonds is 7. The molecule has 0 saturated carbocycles. The second-order valence-corrected chi connectivity index (χ2v) is 6.38. The van der Waals surface area contributed by atoms with E-state index in [2.05, 4.69) is 34.3 Å². The van der Waals surface area contributed by atoms with Crippen LogP contribution in [0.5, 0.6) is 5.75 Å². The Morgan fingerprint density at radius 2 is 2.24 bits per heavy atom. The number of carbonyl (C=O) groups excluding carboxylic acids is 1. The maximum absolute atomic E-state index is 11.7. The summed E-state index contributed by atoms with van der Waals surface area (Å²) in [5.74, 6) is 0.755. The molecule has 1 aromatic heterocycles. The molecule has 5 nitrogen and oxygen atoms in total. The molecule has 0 amide bonds. The van der Waals surface area contributed by atoms with Crippen molar-refractivity contribution >= 4 is 16.9 Å². The third-order valence-electron chi connectivity index (χ3n) is 4.65. The van der Waals surface area contributed by atoms with Gasteiger partial charge in [-0.2, -0.15) is 0 Å². The van der Waals surface area contributed by atoms with E-state index < -0.39 is 0 Å². The van der Waals surface area contributed by atoms with Gasteiger partial charge in [0.05, 0.1) is 20.1 Å². The first-order chi connectivity index (χ1) is 12.2. The van der Waals surface area contributed by atoms with E-state index in [0.717, 1.165) is 43.7 Å². The Bertz CT molecular complexity index is 763. The normalized spacial score (nSPS) is 15.2. The monoisotopic (exact) mass is 342 g/mol. The first kappa shape index (κ1) is 17.5. The fraction of sp³-hybridized carbons (Fsp3) is 0.450. The zero-order chi connectivity index (χ0) is 17.6. The number of carbonyl (C=O) groups is 1. The summed E-state index contributed by atoms with van der Waals surface area (Å²) < 4.78 is 10.4. The zero-order valence-electron chi connectivity index (χ0n) is 15.0. The number of ether oxygens (including phenoxy) is 2. The maximum atomic E-state index is 11.7. The molecule has 3 rings (SSSR count). The summed E-state index contributed by atoms with van der Waals surface area (Å²) >= 11 is 0. The van der Waals surface area contributed by atoms with Crippen molar-refractivity contribution in [1.29, 1.82) is 0 Å². The molecule has 5 heteroatoms. The van der Waals surface area contributed by atoms with Gasteiger partial charge in [-0.15, -0.1) is 0 Å². The molecule has 0 spiro atoms. The Labute approximate surface area is 148 Å². The highest BCUT2D eigenvalue weighted by Crippen LogP contribution is 2.24.